The number of esters is 4. The third-order valence-electron chi connectivity index (χ3n) is 18.1. The molecule has 0 rings (SSSR count). The summed E-state index contributed by atoms with van der Waals surface area (Å²) >= 11 is 0. The summed E-state index contributed by atoms with van der Waals surface area (Å²) in [5.41, 5.74) is 0. The van der Waals surface area contributed by atoms with Crippen molar-refractivity contribution in [3.63, 3.8) is 0 Å². The standard InChI is InChI=1S/C78H152O17P2/c1-8-9-10-11-12-13-14-15-16-17-18-22-25-31-38-45-52-59-75(80)88-65-73(94-77(82)61-54-47-39-32-26-23-20-19-21-24-29-35-42-49-56-69(2)3)67-92-96(84,85)90-63-72(79)64-91-97(86,87)93-68-74(66-89-76(81)60-53-46-41-34-37-44-51-58-71(6)7)95-78(83)62-55-48-40-33-28-27-30-36-43-50-57-70(4)5/h69-74,79H,8-68H2,1-7H3,(H,84,85)(H,86,87)/t72-,73-,74-/m1/s1. The molecule has 0 aromatic carbocycles. The molecule has 0 saturated carbocycles. The number of unbranched alkanes of at least 4 members (excludes halogenated alkanes) is 44. The third-order valence-corrected chi connectivity index (χ3v) is 20.0. The number of aliphatic hydroxyl groups excluding tert-OH is 1. The molecular formula is C78H152O17P2. The minimum Gasteiger partial charge on any atom is -0.462 e. The molecule has 0 aromatic rings. The Labute approximate surface area is 594 Å². The number of hydrogen-bond donors (Lipinski definition) is 3. The van der Waals surface area contributed by atoms with E-state index in [0.29, 0.717) is 31.6 Å². The van der Waals surface area contributed by atoms with Crippen LogP contribution in [-0.4, -0.2) is 96.7 Å². The van der Waals surface area contributed by atoms with Gasteiger partial charge in [0, 0.05) is 25.7 Å². The van der Waals surface area contributed by atoms with Gasteiger partial charge >= 0.3 is 39.5 Å². The van der Waals surface area contributed by atoms with Gasteiger partial charge in [-0.25, -0.2) is 9.13 Å². The van der Waals surface area contributed by atoms with Gasteiger partial charge < -0.3 is 33.8 Å². The molecule has 0 saturated heterocycles. The van der Waals surface area contributed by atoms with Gasteiger partial charge in [0.2, 0.25) is 0 Å². The van der Waals surface area contributed by atoms with E-state index < -0.39 is 97.5 Å². The van der Waals surface area contributed by atoms with Gasteiger partial charge in [-0.1, -0.05) is 350 Å². The zero-order chi connectivity index (χ0) is 71.6. The fourth-order valence-corrected chi connectivity index (χ4v) is 13.5. The summed E-state index contributed by atoms with van der Waals surface area (Å²) in [7, 11) is -9.92. The number of ether oxygens (including phenoxy) is 4. The Bertz CT molecular complexity index is 1890. The Hall–Kier alpha value is -1.94. The number of phosphoric ester groups is 2. The lowest BCUT2D eigenvalue weighted by Gasteiger charge is -2.21. The number of phosphoric acid groups is 2. The van der Waals surface area contributed by atoms with Crippen LogP contribution in [0.15, 0.2) is 0 Å². The molecule has 5 atom stereocenters. The van der Waals surface area contributed by atoms with Crippen molar-refractivity contribution in [3.05, 3.63) is 0 Å². The molecule has 0 aliphatic rings. The summed E-state index contributed by atoms with van der Waals surface area (Å²) in [5.74, 6) is 0.136. The average Bonchev–Trinajstić information content (AvgIpc) is 1.29. The predicted octanol–water partition coefficient (Wildman–Crippen LogP) is 23.0. The first-order valence-electron chi connectivity index (χ1n) is 40.3. The van der Waals surface area contributed by atoms with Crippen LogP contribution < -0.4 is 0 Å². The second-order valence-electron chi connectivity index (χ2n) is 29.5. The number of rotatable bonds is 76. The third kappa shape index (κ3) is 72.2. The van der Waals surface area contributed by atoms with Crippen LogP contribution in [0.1, 0.15) is 402 Å². The summed E-state index contributed by atoms with van der Waals surface area (Å²) in [5, 5.41) is 10.6. The summed E-state index contributed by atoms with van der Waals surface area (Å²) in [6.07, 6.45) is 55.6. The zero-order valence-corrected chi connectivity index (χ0v) is 65.3. The molecule has 19 heteroatoms. The molecule has 0 spiro atoms. The highest BCUT2D eigenvalue weighted by Gasteiger charge is 2.30. The van der Waals surface area contributed by atoms with Gasteiger partial charge in [0.15, 0.2) is 12.2 Å². The Balaban J connectivity index is 5.24. The first-order valence-corrected chi connectivity index (χ1v) is 43.3. The van der Waals surface area contributed by atoms with Gasteiger partial charge in [-0.15, -0.1) is 0 Å². The van der Waals surface area contributed by atoms with Crippen molar-refractivity contribution in [3.8, 4) is 0 Å². The van der Waals surface area contributed by atoms with Gasteiger partial charge in [0.1, 0.15) is 19.3 Å². The van der Waals surface area contributed by atoms with Crippen molar-refractivity contribution in [2.75, 3.05) is 39.6 Å². The Morgan fingerprint density at radius 1 is 0.278 bits per heavy atom. The van der Waals surface area contributed by atoms with Crippen molar-refractivity contribution >= 4 is 39.5 Å². The molecule has 576 valence electrons. The van der Waals surface area contributed by atoms with E-state index >= 15 is 0 Å². The van der Waals surface area contributed by atoms with Crippen LogP contribution in [0.4, 0.5) is 0 Å². The Morgan fingerprint density at radius 3 is 0.701 bits per heavy atom. The second kappa shape index (κ2) is 68.5. The maximum atomic E-state index is 13.1. The fraction of sp³-hybridized carbons (Fsp3) is 0.949. The topological polar surface area (TPSA) is 237 Å². The van der Waals surface area contributed by atoms with Crippen molar-refractivity contribution in [2.24, 2.45) is 17.8 Å². The quantitative estimate of drug-likeness (QED) is 0.0222. The summed E-state index contributed by atoms with van der Waals surface area (Å²) in [6.45, 7) is 11.9. The summed E-state index contributed by atoms with van der Waals surface area (Å²) in [6, 6.07) is 0. The van der Waals surface area contributed by atoms with Crippen LogP contribution >= 0.6 is 15.6 Å². The first kappa shape index (κ1) is 95.1. The van der Waals surface area contributed by atoms with E-state index in [-0.39, 0.29) is 25.7 Å². The number of carbonyl (C=O) groups is 4. The fourth-order valence-electron chi connectivity index (χ4n) is 12.0. The van der Waals surface area contributed by atoms with E-state index in [1.165, 1.54) is 205 Å². The lowest BCUT2D eigenvalue weighted by molar-refractivity contribution is -0.161. The van der Waals surface area contributed by atoms with Gasteiger partial charge in [-0.3, -0.25) is 37.3 Å². The molecule has 0 bridgehead atoms. The second-order valence-corrected chi connectivity index (χ2v) is 32.4. The lowest BCUT2D eigenvalue weighted by atomic mass is 10.0. The predicted molar refractivity (Wildman–Crippen MR) is 395 cm³/mol. The Kier molecular flexibility index (Phi) is 67.1. The Morgan fingerprint density at radius 2 is 0.474 bits per heavy atom. The number of hydrogen-bond acceptors (Lipinski definition) is 15. The highest BCUT2D eigenvalue weighted by molar-refractivity contribution is 7.47. The van der Waals surface area contributed by atoms with Crippen LogP contribution in [-0.2, 0) is 65.4 Å². The first-order chi connectivity index (χ1) is 46.7. The maximum absolute atomic E-state index is 13.1. The van der Waals surface area contributed by atoms with Crippen LogP contribution in [0.25, 0.3) is 0 Å². The molecule has 3 N–H and O–H groups in total. The molecular weight excluding hydrogens is 1270 g/mol. The number of aliphatic hydroxyl groups is 1. The van der Waals surface area contributed by atoms with E-state index in [2.05, 4.69) is 48.5 Å². The van der Waals surface area contributed by atoms with Gasteiger partial charge in [0.25, 0.3) is 0 Å². The molecule has 0 amide bonds. The van der Waals surface area contributed by atoms with Crippen LogP contribution in [0, 0.1) is 17.8 Å². The molecule has 97 heavy (non-hydrogen) atoms. The van der Waals surface area contributed by atoms with Gasteiger partial charge in [0.05, 0.1) is 26.4 Å². The van der Waals surface area contributed by atoms with E-state index in [9.17, 15) is 43.2 Å². The van der Waals surface area contributed by atoms with Crippen LogP contribution in [0.2, 0.25) is 0 Å². The van der Waals surface area contributed by atoms with Crippen molar-refractivity contribution < 1.29 is 80.2 Å². The van der Waals surface area contributed by atoms with Gasteiger partial charge in [-0.05, 0) is 43.4 Å². The molecule has 0 fully saturated rings. The number of carbonyl (C=O) groups excluding carboxylic acids is 4. The van der Waals surface area contributed by atoms with E-state index in [4.69, 9.17) is 37.0 Å². The molecule has 0 aromatic heterocycles. The molecule has 0 heterocycles. The molecule has 2 unspecified atom stereocenters. The van der Waals surface area contributed by atoms with E-state index in [0.717, 1.165) is 108 Å². The largest absolute Gasteiger partial charge is 0.472 e. The average molecular weight is 1420 g/mol. The van der Waals surface area contributed by atoms with Crippen LogP contribution in [0.3, 0.4) is 0 Å². The summed E-state index contributed by atoms with van der Waals surface area (Å²) in [4.78, 5) is 72.9. The minimum atomic E-state index is -4.96. The van der Waals surface area contributed by atoms with Crippen molar-refractivity contribution in [2.45, 2.75) is 420 Å². The maximum Gasteiger partial charge on any atom is 0.472 e. The van der Waals surface area contributed by atoms with E-state index in [1.54, 1.807) is 0 Å². The smallest absolute Gasteiger partial charge is 0.462 e. The van der Waals surface area contributed by atoms with E-state index in [1.807, 2.05) is 0 Å². The molecule has 0 aliphatic heterocycles. The zero-order valence-electron chi connectivity index (χ0n) is 63.5. The van der Waals surface area contributed by atoms with Crippen LogP contribution in [0.5, 0.6) is 0 Å². The highest BCUT2D eigenvalue weighted by atomic mass is 31.2. The SMILES string of the molecule is CCCCCCCCCCCCCCCCCCCC(=O)OC[C@H](COP(=O)(O)OC[C@@H](O)COP(=O)(O)OC[C@@H](COC(=O)CCCCCCCCCC(C)C)OC(=O)CCCCCCCCCCCCC(C)C)OC(=O)CCCCCCCCCCCCCCCCC(C)C. The molecule has 0 aliphatic carbocycles. The monoisotopic (exact) mass is 1420 g/mol. The molecule has 17 nitrogen and oxygen atoms in total. The normalized spacial score (nSPS) is 14.0. The van der Waals surface area contributed by atoms with Crippen molar-refractivity contribution in [1.29, 1.82) is 0 Å². The summed E-state index contributed by atoms with van der Waals surface area (Å²) < 4.78 is 68.6. The van der Waals surface area contributed by atoms with Gasteiger partial charge in [-0.2, -0.15) is 0 Å². The lowest BCUT2D eigenvalue weighted by Crippen LogP contribution is -2.30. The molecule has 0 radical (unpaired) electrons. The van der Waals surface area contributed by atoms with Crippen molar-refractivity contribution in [1.82, 2.24) is 0 Å². The highest BCUT2D eigenvalue weighted by Crippen LogP contribution is 2.45. The minimum absolute atomic E-state index is 0.105.